The number of hydrogen-bond acceptors (Lipinski definition) is 2. The SMILES string of the molecule is CCS(=O)(=O)N1CCC[C@@H](C)C1. The van der Waals surface area contributed by atoms with E-state index in [2.05, 4.69) is 6.92 Å². The van der Waals surface area contributed by atoms with Gasteiger partial charge >= 0.3 is 0 Å². The fourth-order valence-electron chi connectivity index (χ4n) is 1.58. The Morgan fingerprint density at radius 1 is 1.50 bits per heavy atom. The molecule has 0 aromatic carbocycles. The number of piperidine rings is 1. The second kappa shape index (κ2) is 3.75. The van der Waals surface area contributed by atoms with Gasteiger partial charge in [-0.1, -0.05) is 6.92 Å². The summed E-state index contributed by atoms with van der Waals surface area (Å²) in [4.78, 5) is 0. The van der Waals surface area contributed by atoms with Crippen molar-refractivity contribution in [3.05, 3.63) is 0 Å². The molecule has 1 saturated heterocycles. The predicted molar refractivity (Wildman–Crippen MR) is 49.4 cm³/mol. The molecule has 72 valence electrons. The molecule has 0 saturated carbocycles. The number of nitrogens with zero attached hydrogens (tertiary/aromatic N) is 1. The minimum absolute atomic E-state index is 0.236. The lowest BCUT2D eigenvalue weighted by Crippen LogP contribution is -2.39. The molecule has 0 radical (unpaired) electrons. The first-order valence-electron chi connectivity index (χ1n) is 4.54. The molecular formula is C8H17NO2S. The van der Waals surface area contributed by atoms with Gasteiger partial charge in [0.2, 0.25) is 10.0 Å². The smallest absolute Gasteiger partial charge is 0.212 e. The highest BCUT2D eigenvalue weighted by Gasteiger charge is 2.24. The highest BCUT2D eigenvalue weighted by atomic mass is 32.2. The maximum absolute atomic E-state index is 11.4. The van der Waals surface area contributed by atoms with Crippen LogP contribution in [0.1, 0.15) is 26.7 Å². The average Bonchev–Trinajstić information content (AvgIpc) is 2.05. The summed E-state index contributed by atoms with van der Waals surface area (Å²) in [6.07, 6.45) is 2.18. The van der Waals surface area contributed by atoms with Crippen LogP contribution < -0.4 is 0 Å². The van der Waals surface area contributed by atoms with E-state index < -0.39 is 10.0 Å². The van der Waals surface area contributed by atoms with E-state index in [1.807, 2.05) is 0 Å². The maximum Gasteiger partial charge on any atom is 0.213 e. The van der Waals surface area contributed by atoms with Crippen LogP contribution in [0.3, 0.4) is 0 Å². The van der Waals surface area contributed by atoms with E-state index in [1.165, 1.54) is 0 Å². The minimum Gasteiger partial charge on any atom is -0.212 e. The predicted octanol–water partition coefficient (Wildman–Crippen LogP) is 1.07. The van der Waals surface area contributed by atoms with Gasteiger partial charge < -0.3 is 0 Å². The monoisotopic (exact) mass is 191 g/mol. The molecule has 0 spiro atoms. The molecule has 0 aromatic heterocycles. The van der Waals surface area contributed by atoms with Gasteiger partial charge in [-0.05, 0) is 25.7 Å². The molecule has 12 heavy (non-hydrogen) atoms. The zero-order valence-electron chi connectivity index (χ0n) is 7.78. The Balaban J connectivity index is 2.63. The zero-order chi connectivity index (χ0) is 9.19. The van der Waals surface area contributed by atoms with Crippen LogP contribution in [0, 0.1) is 5.92 Å². The molecule has 1 aliphatic heterocycles. The summed E-state index contributed by atoms with van der Waals surface area (Å²) in [5.41, 5.74) is 0. The van der Waals surface area contributed by atoms with E-state index in [1.54, 1.807) is 11.2 Å². The van der Waals surface area contributed by atoms with Crippen LogP contribution in [0.25, 0.3) is 0 Å². The molecular weight excluding hydrogens is 174 g/mol. The van der Waals surface area contributed by atoms with Crippen molar-refractivity contribution in [3.8, 4) is 0 Å². The first-order valence-corrected chi connectivity index (χ1v) is 6.15. The summed E-state index contributed by atoms with van der Waals surface area (Å²) in [6, 6.07) is 0. The third kappa shape index (κ3) is 2.20. The van der Waals surface area contributed by atoms with Crippen LogP contribution in [-0.2, 0) is 10.0 Å². The molecule has 0 unspecified atom stereocenters. The Morgan fingerprint density at radius 2 is 2.17 bits per heavy atom. The van der Waals surface area contributed by atoms with Gasteiger partial charge in [0.1, 0.15) is 0 Å². The van der Waals surface area contributed by atoms with Crippen LogP contribution in [-0.4, -0.2) is 31.6 Å². The lowest BCUT2D eigenvalue weighted by Gasteiger charge is -2.29. The van der Waals surface area contributed by atoms with Crippen molar-refractivity contribution in [2.75, 3.05) is 18.8 Å². The van der Waals surface area contributed by atoms with Gasteiger partial charge in [0.05, 0.1) is 5.75 Å². The van der Waals surface area contributed by atoms with Gasteiger partial charge in [0, 0.05) is 13.1 Å². The fraction of sp³-hybridized carbons (Fsp3) is 1.00. The second-order valence-electron chi connectivity index (χ2n) is 3.51. The number of hydrogen-bond donors (Lipinski definition) is 0. The molecule has 0 aromatic rings. The zero-order valence-corrected chi connectivity index (χ0v) is 8.60. The lowest BCUT2D eigenvalue weighted by molar-refractivity contribution is 0.281. The lowest BCUT2D eigenvalue weighted by atomic mass is 10.0. The highest BCUT2D eigenvalue weighted by molar-refractivity contribution is 7.89. The molecule has 4 heteroatoms. The average molecular weight is 191 g/mol. The van der Waals surface area contributed by atoms with Crippen LogP contribution in [0.5, 0.6) is 0 Å². The highest BCUT2D eigenvalue weighted by Crippen LogP contribution is 2.18. The minimum atomic E-state index is -2.92. The van der Waals surface area contributed by atoms with Gasteiger partial charge in [-0.2, -0.15) is 0 Å². The van der Waals surface area contributed by atoms with Crippen molar-refractivity contribution in [1.82, 2.24) is 4.31 Å². The van der Waals surface area contributed by atoms with E-state index in [0.717, 1.165) is 25.9 Å². The molecule has 3 nitrogen and oxygen atoms in total. The van der Waals surface area contributed by atoms with Gasteiger partial charge in [-0.3, -0.25) is 0 Å². The quantitative estimate of drug-likeness (QED) is 0.654. The van der Waals surface area contributed by atoms with E-state index in [4.69, 9.17) is 0 Å². The molecule has 1 rings (SSSR count). The van der Waals surface area contributed by atoms with E-state index in [-0.39, 0.29) is 5.75 Å². The summed E-state index contributed by atoms with van der Waals surface area (Å²) in [5.74, 6) is 0.764. The van der Waals surface area contributed by atoms with Gasteiger partial charge in [0.15, 0.2) is 0 Å². The molecule has 0 amide bonds. The van der Waals surface area contributed by atoms with Crippen LogP contribution in [0.15, 0.2) is 0 Å². The molecule has 1 fully saturated rings. The number of rotatable bonds is 2. The maximum atomic E-state index is 11.4. The Bertz CT molecular complexity index is 235. The summed E-state index contributed by atoms with van der Waals surface area (Å²) < 4.78 is 24.5. The third-order valence-electron chi connectivity index (χ3n) is 2.38. The van der Waals surface area contributed by atoms with Crippen LogP contribution in [0.2, 0.25) is 0 Å². The van der Waals surface area contributed by atoms with Crippen LogP contribution in [0.4, 0.5) is 0 Å². The van der Waals surface area contributed by atoms with Crippen LogP contribution >= 0.6 is 0 Å². The van der Waals surface area contributed by atoms with Gasteiger partial charge in [0.25, 0.3) is 0 Å². The Labute approximate surface area is 74.8 Å². The van der Waals surface area contributed by atoms with E-state index in [9.17, 15) is 8.42 Å². The first kappa shape index (κ1) is 9.99. The van der Waals surface area contributed by atoms with Crippen molar-refractivity contribution in [2.45, 2.75) is 26.7 Å². The standard InChI is InChI=1S/C8H17NO2S/c1-3-12(10,11)9-6-4-5-8(2)7-9/h8H,3-7H2,1-2H3/t8-/m1/s1. The van der Waals surface area contributed by atoms with Crippen molar-refractivity contribution >= 4 is 10.0 Å². The van der Waals surface area contributed by atoms with E-state index >= 15 is 0 Å². The third-order valence-corrected chi connectivity index (χ3v) is 4.23. The summed E-state index contributed by atoms with van der Waals surface area (Å²) in [5, 5.41) is 0. The first-order chi connectivity index (χ1) is 5.56. The normalized spacial score (nSPS) is 27.3. The molecule has 0 aliphatic carbocycles. The Kier molecular flexibility index (Phi) is 3.12. The molecule has 0 N–H and O–H groups in total. The molecule has 1 atom stereocenters. The molecule has 1 aliphatic rings. The second-order valence-corrected chi connectivity index (χ2v) is 5.76. The fourth-order valence-corrected chi connectivity index (χ4v) is 2.84. The Hall–Kier alpha value is -0.0900. The van der Waals surface area contributed by atoms with E-state index in [0.29, 0.717) is 5.92 Å². The van der Waals surface area contributed by atoms with Gasteiger partial charge in [-0.15, -0.1) is 0 Å². The number of sulfonamides is 1. The van der Waals surface area contributed by atoms with Crippen molar-refractivity contribution in [2.24, 2.45) is 5.92 Å². The summed E-state index contributed by atoms with van der Waals surface area (Å²) in [7, 11) is -2.92. The van der Waals surface area contributed by atoms with Crippen molar-refractivity contribution in [1.29, 1.82) is 0 Å². The Morgan fingerprint density at radius 3 is 2.67 bits per heavy atom. The molecule has 0 bridgehead atoms. The molecule has 1 heterocycles. The topological polar surface area (TPSA) is 37.4 Å². The summed E-state index contributed by atoms with van der Waals surface area (Å²) in [6.45, 7) is 5.25. The summed E-state index contributed by atoms with van der Waals surface area (Å²) >= 11 is 0. The van der Waals surface area contributed by atoms with Gasteiger partial charge in [-0.25, -0.2) is 12.7 Å². The largest absolute Gasteiger partial charge is 0.213 e. The van der Waals surface area contributed by atoms with Crippen molar-refractivity contribution < 1.29 is 8.42 Å². The van der Waals surface area contributed by atoms with Crippen molar-refractivity contribution in [3.63, 3.8) is 0 Å².